The minimum absolute atomic E-state index is 0.260. The van der Waals surface area contributed by atoms with Crippen LogP contribution in [0.25, 0.3) is 6.08 Å². The Labute approximate surface area is 170 Å². The number of rotatable bonds is 7. The van der Waals surface area contributed by atoms with E-state index in [1.807, 2.05) is 30.3 Å². The third-order valence-electron chi connectivity index (χ3n) is 3.64. The minimum atomic E-state index is -1.08. The number of hydrazine groups is 1. The number of benzene rings is 2. The first kappa shape index (κ1) is 19.7. The summed E-state index contributed by atoms with van der Waals surface area (Å²) >= 11 is 6.49. The van der Waals surface area contributed by atoms with Crippen LogP contribution in [-0.2, 0) is 9.59 Å². The molecule has 1 aliphatic heterocycles. The predicted octanol–water partition coefficient (Wildman–Crippen LogP) is 3.39. The number of thioether (sulfide) groups is 1. The summed E-state index contributed by atoms with van der Waals surface area (Å²) in [5.41, 5.74) is 4.44. The number of nitrogens with one attached hydrogen (secondary N) is 1. The van der Waals surface area contributed by atoms with Crippen molar-refractivity contribution in [2.45, 2.75) is 0 Å². The van der Waals surface area contributed by atoms with Gasteiger partial charge in [-0.3, -0.25) is 10.2 Å². The molecule has 1 fully saturated rings. The van der Waals surface area contributed by atoms with Gasteiger partial charge in [0.25, 0.3) is 5.91 Å². The van der Waals surface area contributed by atoms with Crippen molar-refractivity contribution >= 4 is 51.9 Å². The minimum Gasteiger partial charge on any atom is -0.493 e. The fourth-order valence-corrected chi connectivity index (χ4v) is 3.57. The molecule has 2 aromatic carbocycles. The quantitative estimate of drug-likeness (QED) is 0.525. The van der Waals surface area contributed by atoms with Gasteiger partial charge in [-0.05, 0) is 48.1 Å². The van der Waals surface area contributed by atoms with Crippen molar-refractivity contribution in [1.82, 2.24) is 5.01 Å². The Hall–Kier alpha value is -3.04. The molecule has 1 aliphatic rings. The average molecular weight is 416 g/mol. The first-order valence-corrected chi connectivity index (χ1v) is 9.32. The molecule has 0 atom stereocenters. The summed E-state index contributed by atoms with van der Waals surface area (Å²) in [6.45, 7) is -0.473. The first-order chi connectivity index (χ1) is 13.5. The summed E-state index contributed by atoms with van der Waals surface area (Å²) in [5, 5.41) is 10.1. The monoisotopic (exact) mass is 416 g/mol. The molecule has 0 radical (unpaired) electrons. The van der Waals surface area contributed by atoms with Crippen LogP contribution < -0.4 is 14.9 Å². The second-order valence-electron chi connectivity index (χ2n) is 5.59. The maximum Gasteiger partial charge on any atom is 0.341 e. The third kappa shape index (κ3) is 4.62. The predicted molar refractivity (Wildman–Crippen MR) is 111 cm³/mol. The van der Waals surface area contributed by atoms with E-state index in [4.69, 9.17) is 26.8 Å². The van der Waals surface area contributed by atoms with Crippen molar-refractivity contribution in [1.29, 1.82) is 0 Å². The lowest BCUT2D eigenvalue weighted by molar-refractivity contribution is -0.139. The number of methoxy groups -OCH3 is 1. The molecule has 0 aliphatic carbocycles. The van der Waals surface area contributed by atoms with Gasteiger partial charge in [0.1, 0.15) is 0 Å². The molecule has 9 heteroatoms. The second kappa shape index (κ2) is 8.77. The highest BCUT2D eigenvalue weighted by atomic mass is 32.2. The second-order valence-corrected chi connectivity index (χ2v) is 7.26. The van der Waals surface area contributed by atoms with Crippen LogP contribution in [0.2, 0.25) is 0 Å². The zero-order valence-corrected chi connectivity index (χ0v) is 16.4. The molecular weight excluding hydrogens is 400 g/mol. The maximum absolute atomic E-state index is 12.7. The molecule has 0 aromatic heterocycles. The first-order valence-electron chi connectivity index (χ1n) is 8.10. The molecule has 28 heavy (non-hydrogen) atoms. The zero-order chi connectivity index (χ0) is 20.1. The molecule has 2 N–H and O–H groups in total. The number of para-hydroxylation sites is 1. The van der Waals surface area contributed by atoms with Crippen LogP contribution in [-0.4, -0.2) is 40.0 Å². The van der Waals surface area contributed by atoms with E-state index in [1.54, 1.807) is 24.3 Å². The van der Waals surface area contributed by atoms with Crippen LogP contribution in [0.15, 0.2) is 53.4 Å². The molecule has 144 valence electrons. The highest BCUT2D eigenvalue weighted by Gasteiger charge is 2.32. The number of carbonyl (C=O) groups excluding carboxylic acids is 1. The fourth-order valence-electron chi connectivity index (χ4n) is 2.39. The number of hydrogen-bond donors (Lipinski definition) is 2. The molecule has 0 spiro atoms. The SMILES string of the molecule is COc1cc(/C=C2/SC(=S)N(Nc3ccccc3)C2=O)ccc1OCC(=O)O. The summed E-state index contributed by atoms with van der Waals surface area (Å²) in [7, 11) is 1.45. The summed E-state index contributed by atoms with van der Waals surface area (Å²) in [4.78, 5) is 23.8. The molecule has 7 nitrogen and oxygen atoms in total. The summed E-state index contributed by atoms with van der Waals surface area (Å²) in [5.74, 6) is -0.669. The Kier molecular flexibility index (Phi) is 6.17. The molecular formula is C19H16N2O5S2. The number of hydrogen-bond acceptors (Lipinski definition) is 7. The molecule has 2 aromatic rings. The molecule has 1 heterocycles. The lowest BCUT2D eigenvalue weighted by Gasteiger charge is -2.16. The van der Waals surface area contributed by atoms with E-state index in [2.05, 4.69) is 5.43 Å². The molecule has 0 unspecified atom stereocenters. The molecule has 0 bridgehead atoms. The van der Waals surface area contributed by atoms with Crippen LogP contribution in [0.1, 0.15) is 5.56 Å². The number of thiocarbonyl (C=S) groups is 1. The Balaban J connectivity index is 1.78. The topological polar surface area (TPSA) is 88.1 Å². The summed E-state index contributed by atoms with van der Waals surface area (Å²) in [6.07, 6.45) is 1.69. The van der Waals surface area contributed by atoms with Gasteiger partial charge < -0.3 is 14.6 Å². The van der Waals surface area contributed by atoms with E-state index < -0.39 is 12.6 Å². The van der Waals surface area contributed by atoms with Gasteiger partial charge in [0, 0.05) is 0 Å². The van der Waals surface area contributed by atoms with Gasteiger partial charge in [-0.1, -0.05) is 36.0 Å². The van der Waals surface area contributed by atoms with Crippen molar-refractivity contribution < 1.29 is 24.2 Å². The Morgan fingerprint density at radius 2 is 2.00 bits per heavy atom. The molecule has 3 rings (SSSR count). The van der Waals surface area contributed by atoms with Crippen molar-refractivity contribution in [3.63, 3.8) is 0 Å². The van der Waals surface area contributed by atoms with Crippen LogP contribution >= 0.6 is 24.0 Å². The van der Waals surface area contributed by atoms with E-state index in [9.17, 15) is 9.59 Å². The number of anilines is 1. The lowest BCUT2D eigenvalue weighted by atomic mass is 10.2. The number of nitrogens with zero attached hydrogens (tertiary/aromatic N) is 1. The van der Waals surface area contributed by atoms with Gasteiger partial charge >= 0.3 is 5.97 Å². The maximum atomic E-state index is 12.7. The Morgan fingerprint density at radius 3 is 2.68 bits per heavy atom. The smallest absolute Gasteiger partial charge is 0.341 e. The third-order valence-corrected chi connectivity index (χ3v) is 4.95. The standard InChI is InChI=1S/C19H16N2O5S2/c1-25-15-9-12(7-8-14(15)26-11-17(22)23)10-16-18(24)21(19(27)28-16)20-13-5-3-2-4-6-13/h2-10,20H,11H2,1H3,(H,22,23)/b16-10+. The van der Waals surface area contributed by atoms with Gasteiger partial charge in [-0.15, -0.1) is 0 Å². The highest BCUT2D eigenvalue weighted by Crippen LogP contribution is 2.34. The summed E-state index contributed by atoms with van der Waals surface area (Å²) < 4.78 is 10.8. The van der Waals surface area contributed by atoms with Gasteiger partial charge in [-0.25, -0.2) is 9.80 Å². The van der Waals surface area contributed by atoms with Gasteiger partial charge in [-0.2, -0.15) is 0 Å². The average Bonchev–Trinajstić information content (AvgIpc) is 2.95. The van der Waals surface area contributed by atoms with E-state index in [-0.39, 0.29) is 5.91 Å². The number of aliphatic carboxylic acids is 1. The van der Waals surface area contributed by atoms with Crippen LogP contribution in [0.4, 0.5) is 5.69 Å². The Bertz CT molecular complexity index is 947. The lowest BCUT2D eigenvalue weighted by Crippen LogP contribution is -2.33. The van der Waals surface area contributed by atoms with Crippen molar-refractivity contribution in [3.8, 4) is 11.5 Å². The van der Waals surface area contributed by atoms with E-state index in [0.29, 0.717) is 26.3 Å². The molecule has 0 saturated carbocycles. The van der Waals surface area contributed by atoms with Crippen molar-refractivity contribution in [3.05, 3.63) is 59.0 Å². The number of amides is 1. The van der Waals surface area contributed by atoms with Crippen LogP contribution in [0.5, 0.6) is 11.5 Å². The van der Waals surface area contributed by atoms with Gasteiger partial charge in [0.05, 0.1) is 17.7 Å². The molecule has 1 saturated heterocycles. The van der Waals surface area contributed by atoms with Crippen molar-refractivity contribution in [2.75, 3.05) is 19.1 Å². The highest BCUT2D eigenvalue weighted by molar-refractivity contribution is 8.26. The summed E-state index contributed by atoms with van der Waals surface area (Å²) in [6, 6.07) is 14.2. The van der Waals surface area contributed by atoms with Crippen molar-refractivity contribution in [2.24, 2.45) is 0 Å². The number of carbonyl (C=O) groups is 2. The van der Waals surface area contributed by atoms with Gasteiger partial charge in [0.15, 0.2) is 22.4 Å². The largest absolute Gasteiger partial charge is 0.493 e. The van der Waals surface area contributed by atoms with Crippen LogP contribution in [0.3, 0.4) is 0 Å². The van der Waals surface area contributed by atoms with E-state index in [0.717, 1.165) is 5.69 Å². The fraction of sp³-hybridized carbons (Fsp3) is 0.105. The normalized spacial score (nSPS) is 15.0. The van der Waals surface area contributed by atoms with Crippen LogP contribution in [0, 0.1) is 0 Å². The Morgan fingerprint density at radius 1 is 1.25 bits per heavy atom. The van der Waals surface area contributed by atoms with Gasteiger partial charge in [0.2, 0.25) is 0 Å². The van der Waals surface area contributed by atoms with E-state index >= 15 is 0 Å². The molecule has 1 amide bonds. The van der Waals surface area contributed by atoms with E-state index in [1.165, 1.54) is 23.9 Å². The zero-order valence-electron chi connectivity index (χ0n) is 14.7. The number of carboxylic acids is 1. The number of ether oxygens (including phenoxy) is 2. The number of carboxylic acid groups (broad SMARTS) is 1.